The van der Waals surface area contributed by atoms with Gasteiger partial charge in [0.15, 0.2) is 0 Å². The molecule has 2 rings (SSSR count). The van der Waals surface area contributed by atoms with Gasteiger partial charge >= 0.3 is 5.97 Å². The van der Waals surface area contributed by atoms with E-state index in [9.17, 15) is 9.59 Å². The molecular weight excluding hydrogens is 340 g/mol. The van der Waals surface area contributed by atoms with E-state index in [2.05, 4.69) is 26.1 Å². The molecule has 5 heteroatoms. The van der Waals surface area contributed by atoms with Crippen molar-refractivity contribution in [3.8, 4) is 0 Å². The molecule has 0 saturated carbocycles. The van der Waals surface area contributed by atoms with Crippen LogP contribution in [0.3, 0.4) is 0 Å². The second-order valence-electron chi connectivity index (χ2n) is 8.50. The summed E-state index contributed by atoms with van der Waals surface area (Å²) in [5.74, 6) is -0.321. The number of para-hydroxylation sites is 1. The number of nitrogens with one attached hydrogen (secondary N) is 1. The van der Waals surface area contributed by atoms with E-state index in [0.29, 0.717) is 39.0 Å². The molecule has 1 saturated heterocycles. The number of anilines is 1. The lowest BCUT2D eigenvalue weighted by molar-refractivity contribution is -0.153. The van der Waals surface area contributed by atoms with Gasteiger partial charge in [-0.15, -0.1) is 0 Å². The largest absolute Gasteiger partial charge is 0.464 e. The number of carbonyl (C=O) groups is 2. The van der Waals surface area contributed by atoms with Crippen LogP contribution in [0.1, 0.15) is 59.8 Å². The molecule has 1 N–H and O–H groups in total. The van der Waals surface area contributed by atoms with Crippen LogP contribution in [-0.4, -0.2) is 37.1 Å². The van der Waals surface area contributed by atoms with Gasteiger partial charge in [-0.1, -0.05) is 45.9 Å². The maximum absolute atomic E-state index is 13.2. The lowest BCUT2D eigenvalue weighted by Gasteiger charge is -2.44. The summed E-state index contributed by atoms with van der Waals surface area (Å²) in [5, 5.41) is 3.30. The molecule has 0 unspecified atom stereocenters. The van der Waals surface area contributed by atoms with Crippen LogP contribution in [0.4, 0.5) is 5.69 Å². The molecule has 0 aliphatic carbocycles. The predicted molar refractivity (Wildman–Crippen MR) is 109 cm³/mol. The smallest absolute Gasteiger partial charge is 0.332 e. The highest BCUT2D eigenvalue weighted by Crippen LogP contribution is 2.34. The molecule has 1 aromatic rings. The lowest BCUT2D eigenvalue weighted by Crippen LogP contribution is -2.62. The van der Waals surface area contributed by atoms with E-state index in [1.54, 1.807) is 4.90 Å². The maximum Gasteiger partial charge on any atom is 0.332 e. The summed E-state index contributed by atoms with van der Waals surface area (Å²) in [6, 6.07) is 9.50. The summed E-state index contributed by atoms with van der Waals surface area (Å²) in [5.41, 5.74) is 0.0482. The standard InChI is InChI=1S/C22H34N2O3/c1-5-19(25)24(18-10-7-6-8-11-18)22(13-15-23-16-14-22)20(26)27-17-9-12-21(2,3)4/h6-8,10-11,23H,5,9,12-17H2,1-4H3. The van der Waals surface area contributed by atoms with Crippen LogP contribution in [0, 0.1) is 5.41 Å². The third kappa shape index (κ3) is 5.55. The monoisotopic (exact) mass is 374 g/mol. The zero-order valence-electron chi connectivity index (χ0n) is 17.2. The van der Waals surface area contributed by atoms with Crippen molar-refractivity contribution in [1.82, 2.24) is 5.32 Å². The summed E-state index contributed by atoms with van der Waals surface area (Å²) < 4.78 is 5.72. The van der Waals surface area contributed by atoms with Crippen molar-refractivity contribution in [1.29, 1.82) is 0 Å². The maximum atomic E-state index is 13.2. The molecule has 27 heavy (non-hydrogen) atoms. The van der Waals surface area contributed by atoms with Crippen molar-refractivity contribution < 1.29 is 14.3 Å². The summed E-state index contributed by atoms with van der Waals surface area (Å²) in [4.78, 5) is 27.8. The molecule has 1 aliphatic heterocycles. The van der Waals surface area contributed by atoms with Gasteiger partial charge in [0, 0.05) is 12.1 Å². The Morgan fingerprint density at radius 3 is 2.33 bits per heavy atom. The first-order chi connectivity index (χ1) is 12.8. The SMILES string of the molecule is CCC(=O)N(c1ccccc1)C1(C(=O)OCCCC(C)(C)C)CCNCC1. The van der Waals surface area contributed by atoms with Gasteiger partial charge in [0.25, 0.3) is 0 Å². The second-order valence-corrected chi connectivity index (χ2v) is 8.50. The van der Waals surface area contributed by atoms with E-state index < -0.39 is 5.54 Å². The van der Waals surface area contributed by atoms with Gasteiger partial charge in [0.1, 0.15) is 5.54 Å². The number of carbonyl (C=O) groups excluding carboxylic acids is 2. The van der Waals surface area contributed by atoms with Crippen LogP contribution in [0.2, 0.25) is 0 Å². The fourth-order valence-electron chi connectivity index (χ4n) is 3.63. The molecule has 1 amide bonds. The van der Waals surface area contributed by atoms with Gasteiger partial charge in [-0.25, -0.2) is 4.79 Å². The number of rotatable bonds is 7. The quantitative estimate of drug-likeness (QED) is 0.580. The van der Waals surface area contributed by atoms with Crippen LogP contribution in [0.15, 0.2) is 30.3 Å². The molecule has 1 aromatic carbocycles. The fourth-order valence-corrected chi connectivity index (χ4v) is 3.63. The van der Waals surface area contributed by atoms with Gasteiger partial charge in [-0.3, -0.25) is 9.69 Å². The first-order valence-electron chi connectivity index (χ1n) is 10.1. The summed E-state index contributed by atoms with van der Waals surface area (Å²) in [6.45, 7) is 10.2. The summed E-state index contributed by atoms with van der Waals surface area (Å²) in [6.07, 6.45) is 3.29. The van der Waals surface area contributed by atoms with E-state index >= 15 is 0 Å². The molecule has 0 atom stereocenters. The van der Waals surface area contributed by atoms with Crippen molar-refractivity contribution >= 4 is 17.6 Å². The number of esters is 1. The Morgan fingerprint density at radius 1 is 1.15 bits per heavy atom. The number of benzene rings is 1. The Kier molecular flexibility index (Phi) is 7.42. The Balaban J connectivity index is 2.24. The number of amides is 1. The lowest BCUT2D eigenvalue weighted by atomic mass is 9.85. The van der Waals surface area contributed by atoms with Crippen LogP contribution in [0.5, 0.6) is 0 Å². The molecule has 1 heterocycles. The zero-order chi connectivity index (χ0) is 19.9. The average molecular weight is 375 g/mol. The Bertz CT molecular complexity index is 616. The van der Waals surface area contributed by atoms with Gasteiger partial charge in [0.05, 0.1) is 6.61 Å². The average Bonchev–Trinajstić information content (AvgIpc) is 2.66. The molecule has 0 aromatic heterocycles. The number of piperidine rings is 1. The molecule has 5 nitrogen and oxygen atoms in total. The second kappa shape index (κ2) is 9.36. The van der Waals surface area contributed by atoms with E-state index in [-0.39, 0.29) is 17.3 Å². The van der Waals surface area contributed by atoms with Gasteiger partial charge in [-0.05, 0) is 56.3 Å². The van der Waals surface area contributed by atoms with Crippen LogP contribution >= 0.6 is 0 Å². The van der Waals surface area contributed by atoms with E-state index in [1.807, 2.05) is 37.3 Å². The normalized spacial score (nSPS) is 16.6. The minimum Gasteiger partial charge on any atom is -0.464 e. The van der Waals surface area contributed by atoms with Crippen molar-refractivity contribution in [2.45, 2.75) is 65.3 Å². The molecule has 1 fully saturated rings. The van der Waals surface area contributed by atoms with Gasteiger partial charge in [-0.2, -0.15) is 0 Å². The molecule has 0 radical (unpaired) electrons. The number of hydrogen-bond acceptors (Lipinski definition) is 4. The van der Waals surface area contributed by atoms with E-state index in [0.717, 1.165) is 18.5 Å². The molecular formula is C22H34N2O3. The zero-order valence-corrected chi connectivity index (χ0v) is 17.2. The third-order valence-electron chi connectivity index (χ3n) is 5.11. The Labute approximate surface area is 163 Å². The molecule has 0 bridgehead atoms. The Morgan fingerprint density at radius 2 is 1.78 bits per heavy atom. The topological polar surface area (TPSA) is 58.6 Å². The van der Waals surface area contributed by atoms with E-state index in [4.69, 9.17) is 4.74 Å². The highest BCUT2D eigenvalue weighted by molar-refractivity contribution is 6.02. The third-order valence-corrected chi connectivity index (χ3v) is 5.11. The van der Waals surface area contributed by atoms with E-state index in [1.165, 1.54) is 0 Å². The molecule has 1 aliphatic rings. The van der Waals surface area contributed by atoms with Crippen molar-refractivity contribution in [2.75, 3.05) is 24.6 Å². The predicted octanol–water partition coefficient (Wildman–Crippen LogP) is 3.92. The van der Waals surface area contributed by atoms with Crippen molar-refractivity contribution in [3.05, 3.63) is 30.3 Å². The van der Waals surface area contributed by atoms with Crippen LogP contribution < -0.4 is 10.2 Å². The summed E-state index contributed by atoms with van der Waals surface area (Å²) >= 11 is 0. The minimum absolute atomic E-state index is 0.0465. The fraction of sp³-hybridized carbons (Fsp3) is 0.636. The number of hydrogen-bond donors (Lipinski definition) is 1. The number of nitrogens with zero attached hydrogens (tertiary/aromatic N) is 1. The van der Waals surface area contributed by atoms with Crippen LogP contribution in [0.25, 0.3) is 0 Å². The van der Waals surface area contributed by atoms with Crippen molar-refractivity contribution in [3.63, 3.8) is 0 Å². The minimum atomic E-state index is -0.929. The first-order valence-corrected chi connectivity index (χ1v) is 10.1. The molecule has 150 valence electrons. The van der Waals surface area contributed by atoms with Gasteiger partial charge in [0.2, 0.25) is 5.91 Å². The van der Waals surface area contributed by atoms with Crippen LogP contribution in [-0.2, 0) is 14.3 Å². The first kappa shape index (κ1) is 21.4. The number of ether oxygens (including phenoxy) is 1. The summed E-state index contributed by atoms with van der Waals surface area (Å²) in [7, 11) is 0. The van der Waals surface area contributed by atoms with Gasteiger partial charge < -0.3 is 10.1 Å². The Hall–Kier alpha value is -1.88. The van der Waals surface area contributed by atoms with Crippen molar-refractivity contribution in [2.24, 2.45) is 5.41 Å². The highest BCUT2D eigenvalue weighted by Gasteiger charge is 2.48. The molecule has 0 spiro atoms. The highest BCUT2D eigenvalue weighted by atomic mass is 16.5.